The van der Waals surface area contributed by atoms with E-state index in [9.17, 15) is 14.9 Å². The summed E-state index contributed by atoms with van der Waals surface area (Å²) in [4.78, 5) is 22.4. The Bertz CT molecular complexity index is 510. The minimum absolute atomic E-state index is 0. The summed E-state index contributed by atoms with van der Waals surface area (Å²) in [6.07, 6.45) is 2.92. The molecule has 2 atom stereocenters. The van der Waals surface area contributed by atoms with E-state index in [-0.39, 0.29) is 36.0 Å². The quantitative estimate of drug-likeness (QED) is 0.639. The van der Waals surface area contributed by atoms with E-state index in [2.05, 4.69) is 5.32 Å². The molecule has 1 aliphatic rings. The van der Waals surface area contributed by atoms with E-state index in [0.29, 0.717) is 18.5 Å². The number of nitrogens with two attached hydrogens (primary N) is 1. The van der Waals surface area contributed by atoms with Gasteiger partial charge in [0.25, 0.3) is 5.69 Å². The SMILES string of the molecule is Cl.NC1CCC(C(=O)NCCc2ccccc2[N+](=O)[O-])C1. The van der Waals surface area contributed by atoms with Crippen molar-refractivity contribution in [3.63, 3.8) is 0 Å². The van der Waals surface area contributed by atoms with Gasteiger partial charge in [-0.05, 0) is 25.7 Å². The molecule has 0 bridgehead atoms. The molecule has 7 heteroatoms. The fraction of sp³-hybridized carbons (Fsp3) is 0.500. The lowest BCUT2D eigenvalue weighted by Gasteiger charge is -2.10. The van der Waals surface area contributed by atoms with Crippen LogP contribution in [0.1, 0.15) is 24.8 Å². The molecule has 2 rings (SSSR count). The lowest BCUT2D eigenvalue weighted by Crippen LogP contribution is -2.32. The van der Waals surface area contributed by atoms with Gasteiger partial charge in [-0.25, -0.2) is 0 Å². The van der Waals surface area contributed by atoms with Crippen molar-refractivity contribution >= 4 is 24.0 Å². The molecule has 116 valence electrons. The highest BCUT2D eigenvalue weighted by atomic mass is 35.5. The van der Waals surface area contributed by atoms with Gasteiger partial charge in [0, 0.05) is 30.1 Å². The van der Waals surface area contributed by atoms with Crippen LogP contribution < -0.4 is 11.1 Å². The van der Waals surface area contributed by atoms with Gasteiger partial charge in [0.2, 0.25) is 5.91 Å². The smallest absolute Gasteiger partial charge is 0.272 e. The van der Waals surface area contributed by atoms with Crippen LogP contribution in [0, 0.1) is 16.0 Å². The van der Waals surface area contributed by atoms with Gasteiger partial charge in [0.05, 0.1) is 4.92 Å². The van der Waals surface area contributed by atoms with Crippen LogP contribution in [0.4, 0.5) is 5.69 Å². The summed E-state index contributed by atoms with van der Waals surface area (Å²) in [6, 6.07) is 6.73. The Morgan fingerprint density at radius 3 is 2.71 bits per heavy atom. The Hall–Kier alpha value is -1.66. The van der Waals surface area contributed by atoms with Crippen LogP contribution in [-0.4, -0.2) is 23.4 Å². The number of hydrogen-bond acceptors (Lipinski definition) is 4. The molecule has 1 aromatic rings. The number of nitro groups is 1. The summed E-state index contributed by atoms with van der Waals surface area (Å²) >= 11 is 0. The molecule has 0 radical (unpaired) electrons. The van der Waals surface area contributed by atoms with Crippen molar-refractivity contribution in [2.75, 3.05) is 6.54 Å². The van der Waals surface area contributed by atoms with Crippen LogP contribution in [0.3, 0.4) is 0 Å². The molecule has 6 nitrogen and oxygen atoms in total. The number of carbonyl (C=O) groups excluding carboxylic acids is 1. The van der Waals surface area contributed by atoms with E-state index in [4.69, 9.17) is 5.73 Å². The zero-order valence-corrected chi connectivity index (χ0v) is 12.5. The molecule has 1 saturated carbocycles. The van der Waals surface area contributed by atoms with Crippen molar-refractivity contribution in [3.05, 3.63) is 39.9 Å². The number of hydrogen-bond donors (Lipinski definition) is 2. The number of nitro benzene ring substituents is 1. The number of halogens is 1. The molecule has 2 unspecified atom stereocenters. The van der Waals surface area contributed by atoms with Crippen LogP contribution >= 0.6 is 12.4 Å². The van der Waals surface area contributed by atoms with E-state index in [0.717, 1.165) is 19.3 Å². The largest absolute Gasteiger partial charge is 0.356 e. The molecule has 1 amide bonds. The van der Waals surface area contributed by atoms with Crippen LogP contribution in [0.2, 0.25) is 0 Å². The standard InChI is InChI=1S/C14H19N3O3.ClH/c15-12-6-5-11(9-12)14(18)16-8-7-10-3-1-2-4-13(10)17(19)20;/h1-4,11-12H,5-9,15H2,(H,16,18);1H. The Morgan fingerprint density at radius 2 is 2.10 bits per heavy atom. The highest BCUT2D eigenvalue weighted by Gasteiger charge is 2.27. The van der Waals surface area contributed by atoms with Crippen molar-refractivity contribution in [2.24, 2.45) is 11.7 Å². The Morgan fingerprint density at radius 1 is 1.38 bits per heavy atom. The number of carbonyl (C=O) groups is 1. The number of benzene rings is 1. The first-order valence-electron chi connectivity index (χ1n) is 6.83. The summed E-state index contributed by atoms with van der Waals surface area (Å²) in [6.45, 7) is 0.412. The normalized spacial score (nSPS) is 20.6. The van der Waals surface area contributed by atoms with Crippen molar-refractivity contribution in [3.8, 4) is 0 Å². The molecule has 0 saturated heterocycles. The van der Waals surface area contributed by atoms with Crippen molar-refractivity contribution in [1.82, 2.24) is 5.32 Å². The fourth-order valence-electron chi connectivity index (χ4n) is 2.62. The maximum absolute atomic E-state index is 11.9. The molecule has 3 N–H and O–H groups in total. The fourth-order valence-corrected chi connectivity index (χ4v) is 2.62. The van der Waals surface area contributed by atoms with E-state index < -0.39 is 4.92 Å². The summed E-state index contributed by atoms with van der Waals surface area (Å²) in [5, 5.41) is 13.7. The first kappa shape index (κ1) is 17.4. The summed E-state index contributed by atoms with van der Waals surface area (Å²) in [7, 11) is 0. The maximum Gasteiger partial charge on any atom is 0.272 e. The predicted molar refractivity (Wildman–Crippen MR) is 82.4 cm³/mol. The van der Waals surface area contributed by atoms with E-state index >= 15 is 0 Å². The Labute approximate surface area is 129 Å². The molecule has 1 fully saturated rings. The first-order chi connectivity index (χ1) is 9.58. The monoisotopic (exact) mass is 313 g/mol. The van der Waals surface area contributed by atoms with Crippen LogP contribution in [0.5, 0.6) is 0 Å². The lowest BCUT2D eigenvalue weighted by molar-refractivity contribution is -0.385. The maximum atomic E-state index is 11.9. The van der Waals surface area contributed by atoms with Gasteiger partial charge in [0.1, 0.15) is 0 Å². The average molecular weight is 314 g/mol. The highest BCUT2D eigenvalue weighted by molar-refractivity contribution is 5.85. The van der Waals surface area contributed by atoms with E-state index in [1.54, 1.807) is 18.2 Å². The Balaban J connectivity index is 0.00000220. The first-order valence-corrected chi connectivity index (χ1v) is 6.83. The zero-order chi connectivity index (χ0) is 14.5. The number of para-hydroxylation sites is 1. The second kappa shape index (κ2) is 7.95. The molecule has 21 heavy (non-hydrogen) atoms. The Kier molecular flexibility index (Phi) is 6.58. The molecule has 1 aromatic carbocycles. The molecule has 0 aliphatic heterocycles. The third kappa shape index (κ3) is 4.68. The lowest BCUT2D eigenvalue weighted by atomic mass is 10.1. The number of nitrogens with zero attached hydrogens (tertiary/aromatic N) is 1. The topological polar surface area (TPSA) is 98.3 Å². The summed E-state index contributed by atoms with van der Waals surface area (Å²) in [5.41, 5.74) is 6.52. The van der Waals surface area contributed by atoms with Crippen LogP contribution in [0.25, 0.3) is 0 Å². The van der Waals surface area contributed by atoms with Gasteiger partial charge in [-0.3, -0.25) is 14.9 Å². The second-order valence-electron chi connectivity index (χ2n) is 5.20. The minimum Gasteiger partial charge on any atom is -0.356 e. The highest BCUT2D eigenvalue weighted by Crippen LogP contribution is 2.24. The van der Waals surface area contributed by atoms with Gasteiger partial charge in [-0.1, -0.05) is 18.2 Å². The molecule has 0 spiro atoms. The minimum atomic E-state index is -0.396. The van der Waals surface area contributed by atoms with Crippen LogP contribution in [-0.2, 0) is 11.2 Å². The number of amides is 1. The van der Waals surface area contributed by atoms with Crippen molar-refractivity contribution in [1.29, 1.82) is 0 Å². The number of rotatable bonds is 5. The molecular formula is C14H20ClN3O3. The van der Waals surface area contributed by atoms with Gasteiger partial charge in [-0.2, -0.15) is 0 Å². The van der Waals surface area contributed by atoms with Gasteiger partial charge in [0.15, 0.2) is 0 Å². The van der Waals surface area contributed by atoms with Gasteiger partial charge < -0.3 is 11.1 Å². The van der Waals surface area contributed by atoms with E-state index in [1.165, 1.54) is 6.07 Å². The average Bonchev–Trinajstić information content (AvgIpc) is 2.86. The zero-order valence-electron chi connectivity index (χ0n) is 11.7. The number of nitrogens with one attached hydrogen (secondary N) is 1. The predicted octanol–water partition coefficient (Wildman–Crippen LogP) is 1.80. The van der Waals surface area contributed by atoms with Gasteiger partial charge >= 0.3 is 0 Å². The van der Waals surface area contributed by atoms with Crippen molar-refractivity contribution in [2.45, 2.75) is 31.7 Å². The van der Waals surface area contributed by atoms with Crippen LogP contribution in [0.15, 0.2) is 24.3 Å². The summed E-state index contributed by atoms with van der Waals surface area (Å²) in [5.74, 6) is 0.00675. The third-order valence-corrected chi connectivity index (χ3v) is 3.73. The third-order valence-electron chi connectivity index (χ3n) is 3.73. The van der Waals surface area contributed by atoms with Crippen molar-refractivity contribution < 1.29 is 9.72 Å². The molecule has 0 aromatic heterocycles. The summed E-state index contributed by atoms with van der Waals surface area (Å²) < 4.78 is 0. The molecular weight excluding hydrogens is 294 g/mol. The van der Waals surface area contributed by atoms with E-state index in [1.807, 2.05) is 0 Å². The molecule has 1 aliphatic carbocycles. The second-order valence-corrected chi connectivity index (χ2v) is 5.20. The van der Waals surface area contributed by atoms with Gasteiger partial charge in [-0.15, -0.1) is 12.4 Å². The molecule has 0 heterocycles.